The molecule has 1 atom stereocenters. The van der Waals surface area contributed by atoms with Crippen molar-refractivity contribution in [2.45, 2.75) is 39.2 Å². The Balaban J connectivity index is 3.01. The highest BCUT2D eigenvalue weighted by molar-refractivity contribution is 6.06. The fourth-order valence-corrected chi connectivity index (χ4v) is 1.75. The van der Waals surface area contributed by atoms with Gasteiger partial charge in [-0.3, -0.25) is 4.79 Å². The molecular formula is C17H15F6NO2. The maximum atomic E-state index is 13.2. The summed E-state index contributed by atoms with van der Waals surface area (Å²) >= 11 is 0. The van der Waals surface area contributed by atoms with Gasteiger partial charge in [-0.25, -0.2) is 4.39 Å². The van der Waals surface area contributed by atoms with E-state index in [1.807, 2.05) is 0 Å². The second kappa shape index (κ2) is 7.40. The number of nitriles is 1. The summed E-state index contributed by atoms with van der Waals surface area (Å²) < 4.78 is 79.1. The van der Waals surface area contributed by atoms with Crippen LogP contribution >= 0.6 is 0 Å². The molecule has 0 aromatic heterocycles. The van der Waals surface area contributed by atoms with Gasteiger partial charge in [0.1, 0.15) is 11.8 Å². The Morgan fingerprint density at radius 2 is 1.62 bits per heavy atom. The van der Waals surface area contributed by atoms with Crippen molar-refractivity contribution >= 4 is 11.9 Å². The molecule has 142 valence electrons. The van der Waals surface area contributed by atoms with Crippen LogP contribution in [-0.2, 0) is 4.79 Å². The maximum Gasteiger partial charge on any atom is 0.439 e. The number of nitrogens with zero attached hydrogens (tertiary/aromatic N) is 1. The first-order valence-corrected chi connectivity index (χ1v) is 7.23. The number of hydrogen-bond donors (Lipinski definition) is 0. The molecule has 0 saturated heterocycles. The maximum absolute atomic E-state index is 13.2. The molecule has 0 aliphatic heterocycles. The number of carbonyl (C=O) groups is 1. The molecular weight excluding hydrogens is 364 g/mol. The largest absolute Gasteiger partial charge is 0.439 e. The number of ether oxygens (including phenoxy) is 1. The fraction of sp³-hybridized carbons (Fsp3) is 0.412. The molecule has 1 unspecified atom stereocenters. The highest BCUT2D eigenvalue weighted by Crippen LogP contribution is 2.36. The molecule has 26 heavy (non-hydrogen) atoms. The second-order valence-electron chi connectivity index (χ2n) is 6.39. The van der Waals surface area contributed by atoms with Gasteiger partial charge in [0, 0.05) is 5.41 Å². The number of ketones is 1. The van der Waals surface area contributed by atoms with Crippen LogP contribution in [0.15, 0.2) is 29.8 Å². The zero-order chi connectivity index (χ0) is 20.3. The Labute approximate surface area is 145 Å². The number of Topliss-reactive ketones (excluding diaryl/α,β-unsaturated/α-hetero) is 1. The molecule has 0 N–H and O–H groups in total. The summed E-state index contributed by atoms with van der Waals surface area (Å²) in [6.45, 7) is 4.81. The molecule has 0 saturated carbocycles. The van der Waals surface area contributed by atoms with E-state index in [1.165, 1.54) is 6.08 Å². The average Bonchev–Trinajstić information content (AvgIpc) is 2.50. The number of carbonyl (C=O) groups excluding carboxylic acids is 1. The number of allylic oxidation sites excluding steroid dienone is 1. The normalized spacial score (nSPS) is 14.5. The average molecular weight is 379 g/mol. The van der Waals surface area contributed by atoms with Gasteiger partial charge >= 0.3 is 12.3 Å². The lowest BCUT2D eigenvalue weighted by Gasteiger charge is -2.23. The van der Waals surface area contributed by atoms with E-state index in [-0.39, 0.29) is 11.1 Å². The SMILES string of the molecule is CC(C)(C)C(=O)/C(C#N)=C\c1ccc(OC(F)(F)C(F)C(F)(F)F)cc1. The van der Waals surface area contributed by atoms with Crippen molar-refractivity contribution in [3.63, 3.8) is 0 Å². The third kappa shape index (κ3) is 5.51. The van der Waals surface area contributed by atoms with Crippen molar-refractivity contribution in [3.8, 4) is 11.8 Å². The Morgan fingerprint density at radius 1 is 1.12 bits per heavy atom. The number of hydrogen-bond acceptors (Lipinski definition) is 3. The van der Waals surface area contributed by atoms with Crippen molar-refractivity contribution in [1.29, 1.82) is 5.26 Å². The van der Waals surface area contributed by atoms with Crippen molar-refractivity contribution in [1.82, 2.24) is 0 Å². The fourth-order valence-electron chi connectivity index (χ4n) is 1.75. The molecule has 0 aliphatic rings. The van der Waals surface area contributed by atoms with Gasteiger partial charge in [-0.2, -0.15) is 27.2 Å². The van der Waals surface area contributed by atoms with E-state index in [9.17, 15) is 31.1 Å². The first-order valence-electron chi connectivity index (χ1n) is 7.23. The smallest absolute Gasteiger partial charge is 0.430 e. The van der Waals surface area contributed by atoms with Crippen LogP contribution in [0.2, 0.25) is 0 Å². The molecule has 0 aliphatic carbocycles. The van der Waals surface area contributed by atoms with Gasteiger partial charge in [0.15, 0.2) is 5.78 Å². The van der Waals surface area contributed by atoms with Crippen LogP contribution < -0.4 is 4.74 Å². The van der Waals surface area contributed by atoms with Gasteiger partial charge in [-0.15, -0.1) is 0 Å². The lowest BCUT2D eigenvalue weighted by molar-refractivity contribution is -0.304. The van der Waals surface area contributed by atoms with E-state index < -0.39 is 35.4 Å². The summed E-state index contributed by atoms with van der Waals surface area (Å²) in [6.07, 6.45) is -14.2. The van der Waals surface area contributed by atoms with Crippen molar-refractivity contribution < 1.29 is 35.9 Å². The molecule has 3 nitrogen and oxygen atoms in total. The van der Waals surface area contributed by atoms with E-state index in [0.717, 1.165) is 24.3 Å². The standard InChI is InChI=1S/C17H15F6NO2/c1-15(2,3)13(25)11(9-24)8-10-4-6-12(7-5-10)26-17(22,23)14(18)16(19,20)21/h4-8,14H,1-3H3/b11-8-. The van der Waals surface area contributed by atoms with Crippen LogP contribution in [0, 0.1) is 16.7 Å². The number of alkyl halides is 6. The van der Waals surface area contributed by atoms with Gasteiger partial charge < -0.3 is 4.74 Å². The molecule has 1 aromatic carbocycles. The number of rotatable bonds is 5. The minimum Gasteiger partial charge on any atom is -0.430 e. The Morgan fingerprint density at radius 3 is 2.00 bits per heavy atom. The van der Waals surface area contributed by atoms with Gasteiger partial charge in [-0.05, 0) is 23.8 Å². The molecule has 0 amide bonds. The molecule has 0 heterocycles. The molecule has 1 aromatic rings. The number of halogens is 6. The van der Waals surface area contributed by atoms with Crippen LogP contribution in [0.3, 0.4) is 0 Å². The predicted molar refractivity (Wildman–Crippen MR) is 81.0 cm³/mol. The third-order valence-electron chi connectivity index (χ3n) is 3.07. The molecule has 0 spiro atoms. The summed E-state index contributed by atoms with van der Waals surface area (Å²) in [6, 6.07) is 5.75. The zero-order valence-corrected chi connectivity index (χ0v) is 14.0. The van der Waals surface area contributed by atoms with Crippen LogP contribution in [0.5, 0.6) is 5.75 Å². The zero-order valence-electron chi connectivity index (χ0n) is 14.0. The van der Waals surface area contributed by atoms with E-state index in [0.29, 0.717) is 0 Å². The summed E-state index contributed by atoms with van der Waals surface area (Å²) in [7, 11) is 0. The summed E-state index contributed by atoms with van der Waals surface area (Å²) in [5, 5.41) is 9.05. The molecule has 9 heteroatoms. The Hall–Kier alpha value is -2.50. The Kier molecular flexibility index (Phi) is 6.13. The van der Waals surface area contributed by atoms with E-state index in [2.05, 4.69) is 4.74 Å². The molecule has 1 rings (SSSR count). The number of benzene rings is 1. The first-order chi connectivity index (χ1) is 11.7. The minimum absolute atomic E-state index is 0.183. The van der Waals surface area contributed by atoms with Crippen LogP contribution in [0.1, 0.15) is 26.3 Å². The summed E-state index contributed by atoms with van der Waals surface area (Å²) in [4.78, 5) is 12.1. The van der Waals surface area contributed by atoms with Crippen LogP contribution in [-0.4, -0.2) is 24.2 Å². The van der Waals surface area contributed by atoms with E-state index >= 15 is 0 Å². The van der Waals surface area contributed by atoms with Crippen LogP contribution in [0.4, 0.5) is 26.3 Å². The summed E-state index contributed by atoms with van der Waals surface area (Å²) in [5.41, 5.74) is -0.750. The van der Waals surface area contributed by atoms with Crippen molar-refractivity contribution in [3.05, 3.63) is 35.4 Å². The first kappa shape index (κ1) is 21.5. The highest BCUT2D eigenvalue weighted by atomic mass is 19.4. The lowest BCUT2D eigenvalue weighted by atomic mass is 9.86. The predicted octanol–water partition coefficient (Wildman–Crippen LogP) is 5.08. The highest BCUT2D eigenvalue weighted by Gasteiger charge is 2.59. The van der Waals surface area contributed by atoms with Crippen molar-refractivity contribution in [2.24, 2.45) is 5.41 Å². The second-order valence-corrected chi connectivity index (χ2v) is 6.39. The van der Waals surface area contributed by atoms with E-state index in [4.69, 9.17) is 5.26 Å². The lowest BCUT2D eigenvalue weighted by Crippen LogP contribution is -2.45. The Bertz CT molecular complexity index is 724. The van der Waals surface area contributed by atoms with E-state index in [1.54, 1.807) is 26.8 Å². The molecule has 0 fully saturated rings. The minimum atomic E-state index is -5.78. The van der Waals surface area contributed by atoms with Gasteiger partial charge in [0.25, 0.3) is 6.17 Å². The van der Waals surface area contributed by atoms with Gasteiger partial charge in [-0.1, -0.05) is 32.9 Å². The summed E-state index contributed by atoms with van der Waals surface area (Å²) in [5.74, 6) is -1.16. The monoisotopic (exact) mass is 379 g/mol. The molecule has 0 bridgehead atoms. The third-order valence-corrected chi connectivity index (χ3v) is 3.07. The van der Waals surface area contributed by atoms with Gasteiger partial charge in [0.05, 0.1) is 5.57 Å². The van der Waals surface area contributed by atoms with Gasteiger partial charge in [0.2, 0.25) is 0 Å². The van der Waals surface area contributed by atoms with Crippen molar-refractivity contribution in [2.75, 3.05) is 0 Å². The topological polar surface area (TPSA) is 50.1 Å². The molecule has 0 radical (unpaired) electrons. The van der Waals surface area contributed by atoms with Crippen LogP contribution in [0.25, 0.3) is 6.08 Å². The quantitative estimate of drug-likeness (QED) is 0.407.